The number of rotatable bonds is 5. The molecule has 102 valence electrons. The molecule has 6 heteroatoms. The molecule has 0 radical (unpaired) electrons. The van der Waals surface area contributed by atoms with E-state index in [9.17, 15) is 4.79 Å². The lowest BCUT2D eigenvalue weighted by Crippen LogP contribution is -2.12. The highest BCUT2D eigenvalue weighted by Gasteiger charge is 2.03. The molecule has 1 aromatic heterocycles. The summed E-state index contributed by atoms with van der Waals surface area (Å²) in [6, 6.07) is 8.91. The minimum Gasteiger partial charge on any atom is -0.326 e. The standard InChI is InChI=1S/C14H13BrN4O/c15-12-9-17-19(10-12)6-2-5-14(20)18-13-4-1-3-11(7-13)8-16/h1,3-4,7,9-10H,2,5-6H2,(H,18,20). The SMILES string of the molecule is N#Cc1cccc(NC(=O)CCCn2cc(Br)cn2)c1. The molecule has 1 amide bonds. The molecule has 0 aliphatic rings. The number of nitrogens with zero attached hydrogens (tertiary/aromatic N) is 3. The Balaban J connectivity index is 1.79. The van der Waals surface area contributed by atoms with Crippen LogP contribution >= 0.6 is 15.9 Å². The van der Waals surface area contributed by atoms with Crippen LogP contribution in [0.4, 0.5) is 5.69 Å². The fourth-order valence-corrected chi connectivity index (χ4v) is 2.08. The topological polar surface area (TPSA) is 70.7 Å². The summed E-state index contributed by atoms with van der Waals surface area (Å²) in [5, 5.41) is 15.7. The van der Waals surface area contributed by atoms with Crippen molar-refractivity contribution in [1.29, 1.82) is 5.26 Å². The lowest BCUT2D eigenvalue weighted by molar-refractivity contribution is -0.116. The summed E-state index contributed by atoms with van der Waals surface area (Å²) in [4.78, 5) is 11.8. The van der Waals surface area contributed by atoms with Gasteiger partial charge < -0.3 is 5.32 Å². The van der Waals surface area contributed by atoms with Crippen LogP contribution in [0.15, 0.2) is 41.1 Å². The number of anilines is 1. The van der Waals surface area contributed by atoms with Crippen molar-refractivity contribution in [2.75, 3.05) is 5.32 Å². The van der Waals surface area contributed by atoms with Crippen LogP contribution in [0.3, 0.4) is 0 Å². The van der Waals surface area contributed by atoms with Crippen LogP contribution in [-0.2, 0) is 11.3 Å². The van der Waals surface area contributed by atoms with Gasteiger partial charge in [-0.05, 0) is 40.5 Å². The number of amides is 1. The predicted octanol–water partition coefficient (Wildman–Crippen LogP) is 2.94. The van der Waals surface area contributed by atoms with Gasteiger partial charge in [-0.15, -0.1) is 0 Å². The molecule has 1 N–H and O–H groups in total. The fraction of sp³-hybridized carbons (Fsp3) is 0.214. The summed E-state index contributed by atoms with van der Waals surface area (Å²) in [6.07, 6.45) is 4.70. The first-order valence-electron chi connectivity index (χ1n) is 6.15. The summed E-state index contributed by atoms with van der Waals surface area (Å²) >= 11 is 3.32. The molecule has 0 atom stereocenters. The van der Waals surface area contributed by atoms with Crippen molar-refractivity contribution >= 4 is 27.5 Å². The van der Waals surface area contributed by atoms with Crippen LogP contribution in [0.5, 0.6) is 0 Å². The van der Waals surface area contributed by atoms with Gasteiger partial charge in [0.15, 0.2) is 0 Å². The Morgan fingerprint density at radius 2 is 2.35 bits per heavy atom. The lowest BCUT2D eigenvalue weighted by Gasteiger charge is -2.05. The molecule has 20 heavy (non-hydrogen) atoms. The van der Waals surface area contributed by atoms with Crippen LogP contribution in [0.1, 0.15) is 18.4 Å². The van der Waals surface area contributed by atoms with Crippen LogP contribution in [0.25, 0.3) is 0 Å². The third kappa shape index (κ3) is 4.21. The number of benzene rings is 1. The van der Waals surface area contributed by atoms with Crippen molar-refractivity contribution in [2.45, 2.75) is 19.4 Å². The smallest absolute Gasteiger partial charge is 0.224 e. The Morgan fingerprint density at radius 3 is 3.05 bits per heavy atom. The van der Waals surface area contributed by atoms with E-state index in [2.05, 4.69) is 26.3 Å². The zero-order valence-electron chi connectivity index (χ0n) is 10.7. The number of carbonyl (C=O) groups excluding carboxylic acids is 1. The molecule has 5 nitrogen and oxygen atoms in total. The number of hydrogen-bond acceptors (Lipinski definition) is 3. The van der Waals surface area contributed by atoms with Gasteiger partial charge in [0.2, 0.25) is 5.91 Å². The summed E-state index contributed by atoms with van der Waals surface area (Å²) in [5.74, 6) is -0.0636. The average molecular weight is 333 g/mol. The van der Waals surface area contributed by atoms with Crippen LogP contribution in [0, 0.1) is 11.3 Å². The first-order chi connectivity index (χ1) is 9.67. The van der Waals surface area contributed by atoms with Crippen molar-refractivity contribution in [2.24, 2.45) is 0 Å². The number of aryl methyl sites for hydroxylation is 1. The average Bonchev–Trinajstić information content (AvgIpc) is 2.84. The van der Waals surface area contributed by atoms with Crippen molar-refractivity contribution in [1.82, 2.24) is 9.78 Å². The molecule has 0 saturated heterocycles. The van der Waals surface area contributed by atoms with Crippen LogP contribution in [0.2, 0.25) is 0 Å². The van der Waals surface area contributed by atoms with Crippen LogP contribution < -0.4 is 5.32 Å². The fourth-order valence-electron chi connectivity index (χ4n) is 1.75. The minimum atomic E-state index is -0.0636. The second-order valence-corrected chi connectivity index (χ2v) is 5.18. The van der Waals surface area contributed by atoms with E-state index in [1.807, 2.05) is 12.3 Å². The highest BCUT2D eigenvalue weighted by Crippen LogP contribution is 2.11. The molecule has 1 heterocycles. The molecule has 0 spiro atoms. The maximum Gasteiger partial charge on any atom is 0.224 e. The summed E-state index contributed by atoms with van der Waals surface area (Å²) in [5.41, 5.74) is 1.18. The monoisotopic (exact) mass is 332 g/mol. The van der Waals surface area contributed by atoms with Crippen molar-refractivity contribution in [3.63, 3.8) is 0 Å². The number of halogens is 1. The first kappa shape index (κ1) is 14.3. The van der Waals surface area contributed by atoms with Gasteiger partial charge in [0, 0.05) is 24.8 Å². The Hall–Kier alpha value is -2.13. The van der Waals surface area contributed by atoms with E-state index >= 15 is 0 Å². The Labute approximate surface area is 125 Å². The summed E-state index contributed by atoms with van der Waals surface area (Å²) in [7, 11) is 0. The van der Waals surface area contributed by atoms with E-state index in [0.29, 0.717) is 30.6 Å². The van der Waals surface area contributed by atoms with Gasteiger partial charge in [0.1, 0.15) is 0 Å². The maximum atomic E-state index is 11.8. The maximum absolute atomic E-state index is 11.8. The molecular weight excluding hydrogens is 320 g/mol. The quantitative estimate of drug-likeness (QED) is 0.914. The molecule has 1 aromatic carbocycles. The lowest BCUT2D eigenvalue weighted by atomic mass is 10.2. The van der Waals surface area contributed by atoms with Crippen molar-refractivity contribution in [3.8, 4) is 6.07 Å². The van der Waals surface area contributed by atoms with Gasteiger partial charge in [0.25, 0.3) is 0 Å². The Kier molecular flexibility index (Phi) is 4.91. The Bertz CT molecular complexity index is 645. The van der Waals surface area contributed by atoms with E-state index < -0.39 is 0 Å². The van der Waals surface area contributed by atoms with Gasteiger partial charge in [-0.3, -0.25) is 9.48 Å². The number of aromatic nitrogens is 2. The van der Waals surface area contributed by atoms with Crippen molar-refractivity contribution in [3.05, 3.63) is 46.7 Å². The predicted molar refractivity (Wildman–Crippen MR) is 78.9 cm³/mol. The molecule has 0 fully saturated rings. The second kappa shape index (κ2) is 6.87. The number of carbonyl (C=O) groups is 1. The zero-order chi connectivity index (χ0) is 14.4. The largest absolute Gasteiger partial charge is 0.326 e. The van der Waals surface area contributed by atoms with E-state index in [1.165, 1.54) is 0 Å². The van der Waals surface area contributed by atoms with Crippen molar-refractivity contribution < 1.29 is 4.79 Å². The zero-order valence-corrected chi connectivity index (χ0v) is 12.3. The third-order valence-electron chi connectivity index (χ3n) is 2.67. The van der Waals surface area contributed by atoms with Gasteiger partial charge in [0.05, 0.1) is 22.3 Å². The molecule has 0 bridgehead atoms. The number of hydrogen-bond donors (Lipinski definition) is 1. The van der Waals surface area contributed by atoms with E-state index in [0.717, 1.165) is 4.47 Å². The van der Waals surface area contributed by atoms with Crippen LogP contribution in [-0.4, -0.2) is 15.7 Å². The minimum absolute atomic E-state index is 0.0636. The summed E-state index contributed by atoms with van der Waals surface area (Å²) < 4.78 is 2.71. The molecule has 0 aliphatic carbocycles. The van der Waals surface area contributed by atoms with Gasteiger partial charge >= 0.3 is 0 Å². The normalized spacial score (nSPS) is 10.0. The highest BCUT2D eigenvalue weighted by atomic mass is 79.9. The summed E-state index contributed by atoms with van der Waals surface area (Å²) in [6.45, 7) is 0.692. The molecular formula is C14H13BrN4O. The third-order valence-corrected chi connectivity index (χ3v) is 3.08. The van der Waals surface area contributed by atoms with E-state index in [1.54, 1.807) is 35.1 Å². The van der Waals surface area contributed by atoms with Gasteiger partial charge in [-0.25, -0.2) is 0 Å². The molecule has 0 saturated carbocycles. The number of nitriles is 1. The van der Waals surface area contributed by atoms with E-state index in [4.69, 9.17) is 5.26 Å². The Morgan fingerprint density at radius 1 is 1.50 bits per heavy atom. The van der Waals surface area contributed by atoms with Gasteiger partial charge in [-0.2, -0.15) is 10.4 Å². The molecule has 0 aliphatic heterocycles. The highest BCUT2D eigenvalue weighted by molar-refractivity contribution is 9.10. The molecule has 2 rings (SSSR count). The molecule has 0 unspecified atom stereocenters. The molecule has 2 aromatic rings. The first-order valence-corrected chi connectivity index (χ1v) is 6.94. The second-order valence-electron chi connectivity index (χ2n) is 4.27. The number of nitrogens with one attached hydrogen (secondary N) is 1. The van der Waals surface area contributed by atoms with E-state index in [-0.39, 0.29) is 5.91 Å². The van der Waals surface area contributed by atoms with Gasteiger partial charge in [-0.1, -0.05) is 6.07 Å².